The van der Waals surface area contributed by atoms with E-state index in [0.29, 0.717) is 6.04 Å². The molecule has 1 heterocycles. The highest BCUT2D eigenvalue weighted by atomic mass is 15.1. The summed E-state index contributed by atoms with van der Waals surface area (Å²) in [5, 5.41) is 0. The molecule has 0 fully saturated rings. The Labute approximate surface area is 107 Å². The predicted octanol–water partition coefficient (Wildman–Crippen LogP) is 3.79. The minimum Gasteiger partial charge on any atom is -0.346 e. The number of hydrogen-bond donors (Lipinski definition) is 0. The zero-order chi connectivity index (χ0) is 12.8. The summed E-state index contributed by atoms with van der Waals surface area (Å²) in [6.45, 7) is 14.8. The topological polar surface area (TPSA) is 8.17 Å². The van der Waals surface area contributed by atoms with Gasteiger partial charge in [0, 0.05) is 17.4 Å². The number of rotatable bonds is 7. The Balaban J connectivity index is 2.42. The lowest BCUT2D eigenvalue weighted by atomic mass is 10.1. The molecule has 0 unspecified atom stereocenters. The molecule has 0 radical (unpaired) electrons. The summed E-state index contributed by atoms with van der Waals surface area (Å²) in [5.41, 5.74) is 2.77. The van der Waals surface area contributed by atoms with Crippen LogP contribution in [0, 0.1) is 13.8 Å². The molecular weight excluding hydrogens is 208 g/mol. The van der Waals surface area contributed by atoms with Gasteiger partial charge in [0.15, 0.2) is 0 Å². The second-order valence-corrected chi connectivity index (χ2v) is 5.00. The van der Waals surface area contributed by atoms with Gasteiger partial charge < -0.3 is 9.47 Å². The number of aryl methyl sites for hydroxylation is 2. The summed E-state index contributed by atoms with van der Waals surface area (Å²) in [6.07, 6.45) is 2.56. The molecule has 0 N–H and O–H groups in total. The number of nitrogens with zero attached hydrogens (tertiary/aromatic N) is 2. The van der Waals surface area contributed by atoms with Gasteiger partial charge in [0.2, 0.25) is 0 Å². The molecule has 0 amide bonds. The van der Waals surface area contributed by atoms with E-state index in [1.807, 2.05) is 0 Å². The third-order valence-electron chi connectivity index (χ3n) is 3.76. The van der Waals surface area contributed by atoms with Crippen molar-refractivity contribution in [1.29, 1.82) is 0 Å². The van der Waals surface area contributed by atoms with Crippen LogP contribution >= 0.6 is 0 Å². The maximum absolute atomic E-state index is 2.50. The average molecular weight is 236 g/mol. The smallest absolute Gasteiger partial charge is 0.0307 e. The van der Waals surface area contributed by atoms with Crippen LogP contribution in [0.25, 0.3) is 0 Å². The van der Waals surface area contributed by atoms with Crippen molar-refractivity contribution < 1.29 is 0 Å². The lowest BCUT2D eigenvalue weighted by Crippen LogP contribution is -2.24. The molecule has 2 heteroatoms. The highest BCUT2D eigenvalue weighted by Crippen LogP contribution is 2.19. The lowest BCUT2D eigenvalue weighted by Gasteiger charge is -2.21. The third kappa shape index (κ3) is 3.88. The second-order valence-electron chi connectivity index (χ2n) is 5.00. The molecule has 0 saturated carbocycles. The fraction of sp³-hybridized carbons (Fsp3) is 0.733. The Morgan fingerprint density at radius 2 is 1.65 bits per heavy atom. The summed E-state index contributed by atoms with van der Waals surface area (Å²) < 4.78 is 2.46. The summed E-state index contributed by atoms with van der Waals surface area (Å²) in [5.74, 6) is 0. The molecule has 0 bridgehead atoms. The van der Waals surface area contributed by atoms with Gasteiger partial charge in [0.25, 0.3) is 0 Å². The zero-order valence-corrected chi connectivity index (χ0v) is 12.2. The van der Waals surface area contributed by atoms with Gasteiger partial charge in [-0.3, -0.25) is 0 Å². The minimum atomic E-state index is 0.626. The largest absolute Gasteiger partial charge is 0.346 e. The molecule has 0 spiro atoms. The van der Waals surface area contributed by atoms with Crippen molar-refractivity contribution in [2.24, 2.45) is 0 Å². The van der Waals surface area contributed by atoms with Crippen LogP contribution in [0.3, 0.4) is 0 Å². The Kier molecular flexibility index (Phi) is 5.76. The standard InChI is InChI=1S/C15H28N2/c1-6-16(7-2)12-8-9-13(3)17-14(4)10-11-15(17)5/h10-11,13H,6-9,12H2,1-5H3/t13-/m0/s1. The first-order valence-electron chi connectivity index (χ1n) is 6.96. The molecule has 98 valence electrons. The van der Waals surface area contributed by atoms with E-state index in [9.17, 15) is 0 Å². The van der Waals surface area contributed by atoms with Crippen LogP contribution in [0.1, 0.15) is 51.0 Å². The van der Waals surface area contributed by atoms with E-state index in [-0.39, 0.29) is 0 Å². The van der Waals surface area contributed by atoms with Gasteiger partial charge in [0.1, 0.15) is 0 Å². The molecule has 0 aliphatic heterocycles. The van der Waals surface area contributed by atoms with E-state index >= 15 is 0 Å². The van der Waals surface area contributed by atoms with E-state index < -0.39 is 0 Å². The van der Waals surface area contributed by atoms with Gasteiger partial charge in [-0.2, -0.15) is 0 Å². The number of hydrogen-bond acceptors (Lipinski definition) is 1. The van der Waals surface area contributed by atoms with Gasteiger partial charge in [0.05, 0.1) is 0 Å². The molecule has 0 aromatic carbocycles. The van der Waals surface area contributed by atoms with Gasteiger partial charge in [-0.15, -0.1) is 0 Å². The van der Waals surface area contributed by atoms with Crippen molar-refractivity contribution in [3.63, 3.8) is 0 Å². The number of aromatic nitrogens is 1. The lowest BCUT2D eigenvalue weighted by molar-refractivity contribution is 0.287. The molecule has 1 rings (SSSR count). The van der Waals surface area contributed by atoms with E-state index in [2.05, 4.69) is 56.2 Å². The van der Waals surface area contributed by atoms with Crippen LogP contribution in [0.4, 0.5) is 0 Å². The zero-order valence-electron chi connectivity index (χ0n) is 12.2. The van der Waals surface area contributed by atoms with E-state index in [4.69, 9.17) is 0 Å². The van der Waals surface area contributed by atoms with Crippen molar-refractivity contribution in [2.45, 2.75) is 53.5 Å². The Morgan fingerprint density at radius 1 is 1.12 bits per heavy atom. The van der Waals surface area contributed by atoms with E-state index in [1.165, 1.54) is 43.9 Å². The Morgan fingerprint density at radius 3 is 2.12 bits per heavy atom. The van der Waals surface area contributed by atoms with Crippen LogP contribution in [0.5, 0.6) is 0 Å². The molecule has 1 aromatic heterocycles. The normalized spacial score (nSPS) is 13.3. The summed E-state index contributed by atoms with van der Waals surface area (Å²) >= 11 is 0. The summed E-state index contributed by atoms with van der Waals surface area (Å²) in [6, 6.07) is 5.06. The van der Waals surface area contributed by atoms with Crippen LogP contribution in [0.15, 0.2) is 12.1 Å². The first-order chi connectivity index (χ1) is 8.10. The molecule has 1 aromatic rings. The fourth-order valence-corrected chi connectivity index (χ4v) is 2.65. The van der Waals surface area contributed by atoms with E-state index in [1.54, 1.807) is 0 Å². The van der Waals surface area contributed by atoms with Crippen LogP contribution < -0.4 is 0 Å². The summed E-state index contributed by atoms with van der Waals surface area (Å²) in [4.78, 5) is 2.50. The fourth-order valence-electron chi connectivity index (χ4n) is 2.65. The molecule has 17 heavy (non-hydrogen) atoms. The second kappa shape index (κ2) is 6.85. The SMILES string of the molecule is CCN(CC)CCC[C@H](C)n1c(C)ccc1C. The van der Waals surface area contributed by atoms with Gasteiger partial charge in [-0.05, 0) is 65.4 Å². The maximum atomic E-state index is 2.50. The summed E-state index contributed by atoms with van der Waals surface area (Å²) in [7, 11) is 0. The molecule has 0 aliphatic carbocycles. The predicted molar refractivity (Wildman–Crippen MR) is 75.6 cm³/mol. The highest BCUT2D eigenvalue weighted by Gasteiger charge is 2.09. The Hall–Kier alpha value is -0.760. The maximum Gasteiger partial charge on any atom is 0.0307 e. The van der Waals surface area contributed by atoms with Gasteiger partial charge in [-0.1, -0.05) is 13.8 Å². The molecule has 0 saturated heterocycles. The molecular formula is C15H28N2. The van der Waals surface area contributed by atoms with Gasteiger partial charge in [-0.25, -0.2) is 0 Å². The van der Waals surface area contributed by atoms with Crippen molar-refractivity contribution in [1.82, 2.24) is 9.47 Å². The Bertz CT molecular complexity index is 304. The first kappa shape index (κ1) is 14.3. The van der Waals surface area contributed by atoms with Crippen molar-refractivity contribution in [3.05, 3.63) is 23.5 Å². The minimum absolute atomic E-state index is 0.626. The molecule has 0 aliphatic rings. The van der Waals surface area contributed by atoms with Crippen LogP contribution in [0.2, 0.25) is 0 Å². The first-order valence-corrected chi connectivity index (χ1v) is 6.96. The van der Waals surface area contributed by atoms with Crippen molar-refractivity contribution >= 4 is 0 Å². The van der Waals surface area contributed by atoms with Crippen molar-refractivity contribution in [3.8, 4) is 0 Å². The monoisotopic (exact) mass is 236 g/mol. The third-order valence-corrected chi connectivity index (χ3v) is 3.76. The highest BCUT2D eigenvalue weighted by molar-refractivity contribution is 5.14. The van der Waals surface area contributed by atoms with E-state index in [0.717, 1.165) is 0 Å². The quantitative estimate of drug-likeness (QED) is 0.699. The van der Waals surface area contributed by atoms with Crippen molar-refractivity contribution in [2.75, 3.05) is 19.6 Å². The average Bonchev–Trinajstić information content (AvgIpc) is 2.64. The molecule has 2 nitrogen and oxygen atoms in total. The van der Waals surface area contributed by atoms with Crippen LogP contribution in [-0.2, 0) is 0 Å². The van der Waals surface area contributed by atoms with Gasteiger partial charge >= 0.3 is 0 Å². The molecule has 1 atom stereocenters. The van der Waals surface area contributed by atoms with Crippen LogP contribution in [-0.4, -0.2) is 29.1 Å².